The van der Waals surface area contributed by atoms with Gasteiger partial charge in [-0.3, -0.25) is 0 Å². The lowest BCUT2D eigenvalue weighted by Crippen LogP contribution is -2.14. The Hall–Kier alpha value is -6.06. The Morgan fingerprint density at radius 1 is 0.417 bits per heavy atom. The molecule has 3 heterocycles. The standard InChI is InChI=1S/C45H29NO2/c1-45(2)35-16-6-3-11-27(35)33-24-34-28-12-4-7-17-37(28)46(38(34)25-36(33)45)26-21-22-32-42(23-26)48-41-20-10-15-30(44(32)41)29-14-9-19-40-43(29)31-13-5-8-18-39(31)47-40/h3-25H,1-2H3. The zero-order valence-electron chi connectivity index (χ0n) is 26.5. The van der Waals surface area contributed by atoms with E-state index in [-0.39, 0.29) is 5.41 Å². The van der Waals surface area contributed by atoms with Crippen molar-refractivity contribution >= 4 is 65.7 Å². The summed E-state index contributed by atoms with van der Waals surface area (Å²) in [7, 11) is 0. The van der Waals surface area contributed by atoms with E-state index in [2.05, 4.69) is 146 Å². The van der Waals surface area contributed by atoms with Crippen LogP contribution in [0.2, 0.25) is 0 Å². The highest BCUT2D eigenvalue weighted by atomic mass is 16.3. The first-order valence-corrected chi connectivity index (χ1v) is 16.6. The summed E-state index contributed by atoms with van der Waals surface area (Å²) in [5.41, 5.74) is 14.7. The van der Waals surface area contributed by atoms with Gasteiger partial charge in [0.15, 0.2) is 0 Å². The fourth-order valence-electron chi connectivity index (χ4n) is 8.62. The summed E-state index contributed by atoms with van der Waals surface area (Å²) in [5.74, 6) is 0. The first-order valence-electron chi connectivity index (χ1n) is 16.6. The van der Waals surface area contributed by atoms with Crippen LogP contribution in [0.5, 0.6) is 0 Å². The molecular formula is C45H29NO2. The smallest absolute Gasteiger partial charge is 0.137 e. The summed E-state index contributed by atoms with van der Waals surface area (Å²) in [4.78, 5) is 0. The molecule has 1 aliphatic carbocycles. The van der Waals surface area contributed by atoms with Crippen LogP contribution >= 0.6 is 0 Å². The van der Waals surface area contributed by atoms with Gasteiger partial charge in [0.25, 0.3) is 0 Å². The van der Waals surface area contributed by atoms with Gasteiger partial charge in [0.2, 0.25) is 0 Å². The minimum atomic E-state index is -0.0797. The van der Waals surface area contributed by atoms with Gasteiger partial charge in [-0.05, 0) is 81.9 Å². The Morgan fingerprint density at radius 3 is 1.85 bits per heavy atom. The first-order chi connectivity index (χ1) is 23.6. The lowest BCUT2D eigenvalue weighted by atomic mass is 9.82. The molecule has 0 fully saturated rings. The van der Waals surface area contributed by atoms with Gasteiger partial charge >= 0.3 is 0 Å². The number of rotatable bonds is 2. The Bertz CT molecular complexity index is 2980. The number of para-hydroxylation sites is 2. The summed E-state index contributed by atoms with van der Waals surface area (Å²) >= 11 is 0. The van der Waals surface area contributed by atoms with E-state index in [9.17, 15) is 0 Å². The molecule has 0 radical (unpaired) electrons. The molecule has 0 aliphatic heterocycles. The largest absolute Gasteiger partial charge is 0.456 e. The molecule has 48 heavy (non-hydrogen) atoms. The average Bonchev–Trinajstić information content (AvgIpc) is 3.84. The van der Waals surface area contributed by atoms with E-state index in [4.69, 9.17) is 8.83 Å². The highest BCUT2D eigenvalue weighted by Crippen LogP contribution is 2.51. The Labute approximate surface area is 276 Å². The van der Waals surface area contributed by atoms with Gasteiger partial charge in [-0.1, -0.05) is 98.8 Å². The van der Waals surface area contributed by atoms with Crippen molar-refractivity contribution in [2.75, 3.05) is 0 Å². The van der Waals surface area contributed by atoms with Gasteiger partial charge in [0.05, 0.1) is 11.0 Å². The van der Waals surface area contributed by atoms with Crippen molar-refractivity contribution in [3.05, 3.63) is 151 Å². The fourth-order valence-corrected chi connectivity index (χ4v) is 8.62. The van der Waals surface area contributed by atoms with Crippen molar-refractivity contribution in [2.24, 2.45) is 0 Å². The van der Waals surface area contributed by atoms with Crippen LogP contribution in [0.1, 0.15) is 25.0 Å². The van der Waals surface area contributed by atoms with Crippen LogP contribution in [0.3, 0.4) is 0 Å². The maximum absolute atomic E-state index is 6.67. The molecule has 3 aromatic heterocycles. The van der Waals surface area contributed by atoms with Crippen LogP contribution in [0.4, 0.5) is 0 Å². The number of fused-ring (bicyclic) bond motifs is 12. The van der Waals surface area contributed by atoms with Gasteiger partial charge in [-0.15, -0.1) is 0 Å². The zero-order chi connectivity index (χ0) is 31.7. The van der Waals surface area contributed by atoms with E-state index >= 15 is 0 Å². The fraction of sp³-hybridized carbons (Fsp3) is 0.0667. The molecule has 11 rings (SSSR count). The molecule has 0 unspecified atom stereocenters. The number of nitrogens with zero attached hydrogens (tertiary/aromatic N) is 1. The minimum Gasteiger partial charge on any atom is -0.456 e. The second-order valence-corrected chi connectivity index (χ2v) is 13.7. The minimum absolute atomic E-state index is 0.0797. The Morgan fingerprint density at radius 2 is 1.04 bits per heavy atom. The van der Waals surface area contributed by atoms with Crippen molar-refractivity contribution < 1.29 is 8.83 Å². The molecule has 10 aromatic rings. The van der Waals surface area contributed by atoms with Crippen LogP contribution in [-0.4, -0.2) is 4.57 Å². The van der Waals surface area contributed by atoms with E-state index in [1.165, 1.54) is 44.1 Å². The van der Waals surface area contributed by atoms with Crippen molar-refractivity contribution in [3.63, 3.8) is 0 Å². The Kier molecular flexibility index (Phi) is 4.91. The van der Waals surface area contributed by atoms with Crippen LogP contribution in [0, 0.1) is 0 Å². The van der Waals surface area contributed by atoms with Gasteiger partial charge in [0.1, 0.15) is 22.3 Å². The van der Waals surface area contributed by atoms with E-state index < -0.39 is 0 Å². The maximum atomic E-state index is 6.67. The number of hydrogen-bond acceptors (Lipinski definition) is 2. The molecule has 226 valence electrons. The number of furan rings is 2. The summed E-state index contributed by atoms with van der Waals surface area (Å²) in [6, 6.07) is 50.2. The van der Waals surface area contributed by atoms with Crippen molar-refractivity contribution in [1.29, 1.82) is 0 Å². The van der Waals surface area contributed by atoms with Crippen molar-refractivity contribution in [1.82, 2.24) is 4.57 Å². The molecule has 0 saturated carbocycles. The van der Waals surface area contributed by atoms with E-state index in [1.807, 2.05) is 12.1 Å². The summed E-state index contributed by atoms with van der Waals surface area (Å²) < 4.78 is 15.3. The summed E-state index contributed by atoms with van der Waals surface area (Å²) in [5, 5.41) is 7.01. The van der Waals surface area contributed by atoms with E-state index in [0.29, 0.717) is 0 Å². The molecule has 3 heteroatoms. The second kappa shape index (κ2) is 9.05. The van der Waals surface area contributed by atoms with Crippen LogP contribution in [0.25, 0.3) is 93.6 Å². The molecule has 3 nitrogen and oxygen atoms in total. The first kappa shape index (κ1) is 26.1. The van der Waals surface area contributed by atoms with Crippen LogP contribution in [-0.2, 0) is 5.41 Å². The quantitative estimate of drug-likeness (QED) is 0.194. The summed E-state index contributed by atoms with van der Waals surface area (Å²) in [6.07, 6.45) is 0. The number of aromatic nitrogens is 1. The van der Waals surface area contributed by atoms with Gasteiger partial charge < -0.3 is 13.4 Å². The maximum Gasteiger partial charge on any atom is 0.137 e. The van der Waals surface area contributed by atoms with Gasteiger partial charge in [-0.25, -0.2) is 0 Å². The predicted molar refractivity (Wildman–Crippen MR) is 198 cm³/mol. The average molecular weight is 616 g/mol. The highest BCUT2D eigenvalue weighted by molar-refractivity contribution is 6.19. The number of benzene rings is 7. The predicted octanol–water partition coefficient (Wildman–Crippen LogP) is 12.6. The second-order valence-electron chi connectivity index (χ2n) is 13.7. The molecule has 0 N–H and O–H groups in total. The SMILES string of the molecule is CC1(C)c2ccccc2-c2cc3c4ccccc4n(-c4ccc5c(c4)oc4cccc(-c6cccc7oc8ccccc8c67)c45)c3cc21. The Balaban J connectivity index is 1.16. The zero-order valence-corrected chi connectivity index (χ0v) is 26.5. The third-order valence-corrected chi connectivity index (χ3v) is 10.8. The van der Waals surface area contributed by atoms with E-state index in [1.54, 1.807) is 0 Å². The topological polar surface area (TPSA) is 31.2 Å². The van der Waals surface area contributed by atoms with Crippen molar-refractivity contribution in [2.45, 2.75) is 19.3 Å². The number of hydrogen-bond donors (Lipinski definition) is 0. The molecule has 0 saturated heterocycles. The summed E-state index contributed by atoms with van der Waals surface area (Å²) in [6.45, 7) is 4.70. The van der Waals surface area contributed by atoms with E-state index in [0.717, 1.165) is 60.7 Å². The highest BCUT2D eigenvalue weighted by Gasteiger charge is 2.36. The van der Waals surface area contributed by atoms with Gasteiger partial charge in [0, 0.05) is 49.5 Å². The molecule has 0 atom stereocenters. The molecule has 7 aromatic carbocycles. The lowest BCUT2D eigenvalue weighted by Gasteiger charge is -2.21. The third-order valence-electron chi connectivity index (χ3n) is 10.8. The van der Waals surface area contributed by atoms with Crippen LogP contribution in [0.15, 0.2) is 148 Å². The molecule has 0 spiro atoms. The monoisotopic (exact) mass is 615 g/mol. The van der Waals surface area contributed by atoms with Crippen LogP contribution < -0.4 is 0 Å². The third kappa shape index (κ3) is 3.28. The molecule has 0 amide bonds. The van der Waals surface area contributed by atoms with Crippen molar-refractivity contribution in [3.8, 4) is 27.9 Å². The molecule has 1 aliphatic rings. The molecule has 0 bridgehead atoms. The lowest BCUT2D eigenvalue weighted by molar-refractivity contribution is 0.661. The van der Waals surface area contributed by atoms with Gasteiger partial charge in [-0.2, -0.15) is 0 Å². The normalized spacial score (nSPS) is 13.8. The molecular weight excluding hydrogens is 587 g/mol.